The average Bonchev–Trinajstić information content (AvgIpc) is 3.60. The Morgan fingerprint density at radius 1 is 0.721 bits per heavy atom. The molecule has 4 aliphatic rings. The molecule has 10 rings (SSSR count). The van der Waals surface area contributed by atoms with Crippen molar-refractivity contribution < 1.29 is 32.9 Å². The first kappa shape index (κ1) is 40.5. The Morgan fingerprint density at radius 3 is 1.82 bits per heavy atom. The van der Waals surface area contributed by atoms with Crippen LogP contribution in [0.5, 0.6) is 11.5 Å². The maximum Gasteiger partial charge on any atom is 0.287 e. The number of H-pyrrole nitrogens is 2. The summed E-state index contributed by atoms with van der Waals surface area (Å²) in [6.45, 7) is 0.382. The Bertz CT molecular complexity index is 2940. The minimum absolute atomic E-state index is 0.00453. The van der Waals surface area contributed by atoms with E-state index in [-0.39, 0.29) is 60.9 Å². The van der Waals surface area contributed by atoms with Crippen LogP contribution < -0.4 is 41.9 Å². The molecular weight excluding hydrogens is 865 g/mol. The average molecular weight is 901 g/mol. The van der Waals surface area contributed by atoms with E-state index in [2.05, 4.69) is 41.2 Å². The molecule has 1 atom stereocenters. The van der Waals surface area contributed by atoms with E-state index < -0.39 is 22.6 Å². The number of thiophene rings is 2. The molecule has 0 aliphatic carbocycles. The van der Waals surface area contributed by atoms with Crippen molar-refractivity contribution in [2.75, 3.05) is 35.4 Å². The SMILES string of the molecule is O=C1COc2ccc(CNC(=O)c3nc4sc5c(c4c(=O)[nH]3)CCCS(=O)C5)cc2N1.O=C1COc2ccc(CNC(=O)c3nc4sc5c(c4c(=O)[nH]3)CCCSC5)cc2N1. The largest absolute Gasteiger partial charge is 0.482 e. The third-order valence-corrected chi connectivity index (χ3v) is 15.3. The Morgan fingerprint density at radius 2 is 1.25 bits per heavy atom. The van der Waals surface area contributed by atoms with Gasteiger partial charge in [0.1, 0.15) is 21.2 Å². The lowest BCUT2D eigenvalue weighted by Gasteiger charge is -2.18. The number of amides is 4. The van der Waals surface area contributed by atoms with Gasteiger partial charge in [-0.15, -0.1) is 22.7 Å². The highest BCUT2D eigenvalue weighted by Crippen LogP contribution is 2.35. The number of benzene rings is 2. The molecule has 6 aromatic rings. The number of nitrogens with one attached hydrogen (secondary N) is 6. The molecule has 0 spiro atoms. The van der Waals surface area contributed by atoms with Gasteiger partial charge in [-0.2, -0.15) is 11.8 Å². The molecule has 8 heterocycles. The van der Waals surface area contributed by atoms with Crippen LogP contribution in [0.15, 0.2) is 46.0 Å². The van der Waals surface area contributed by atoms with Gasteiger partial charge in [0.15, 0.2) is 13.2 Å². The predicted molar refractivity (Wildman–Crippen MR) is 233 cm³/mol. The molecule has 0 fully saturated rings. The fourth-order valence-electron chi connectivity index (χ4n) is 7.35. The number of aryl methyl sites for hydroxylation is 2. The topological polar surface area (TPSA) is 243 Å². The number of aromatic nitrogens is 4. The van der Waals surface area contributed by atoms with Gasteiger partial charge in [-0.3, -0.25) is 33.0 Å². The van der Waals surface area contributed by atoms with Crippen molar-refractivity contribution in [1.29, 1.82) is 0 Å². The Labute approximate surface area is 360 Å². The Kier molecular flexibility index (Phi) is 11.4. The number of rotatable bonds is 6. The summed E-state index contributed by atoms with van der Waals surface area (Å²) in [6, 6.07) is 10.5. The van der Waals surface area contributed by atoms with Gasteiger partial charge in [-0.1, -0.05) is 12.1 Å². The summed E-state index contributed by atoms with van der Waals surface area (Å²) in [5.74, 6) is 2.73. The van der Waals surface area contributed by atoms with Crippen molar-refractivity contribution in [3.05, 3.63) is 101 Å². The first-order chi connectivity index (χ1) is 29.6. The van der Waals surface area contributed by atoms with Crippen LogP contribution in [0.4, 0.5) is 11.4 Å². The normalized spacial score (nSPS) is 16.7. The number of fused-ring (bicyclic) bond motifs is 8. The van der Waals surface area contributed by atoms with E-state index in [0.717, 1.165) is 57.9 Å². The lowest BCUT2D eigenvalue weighted by molar-refractivity contribution is -0.119. The second-order valence-corrected chi connectivity index (χ2v) is 19.3. The van der Waals surface area contributed by atoms with E-state index >= 15 is 0 Å². The number of carbonyl (C=O) groups excluding carboxylic acids is 4. The quantitative estimate of drug-likeness (QED) is 0.140. The standard InChI is InChI=1S/C20H18N4O5S2.C20H18N4O4S2/c25-15-8-29-13-4-3-10(6-12(13)22-15)7-21-19(27)17-23-18(26)16-11-2-1-5-31(28)9-14(11)30-20(16)24-17;25-15-8-28-13-4-3-10(6-12(13)22-15)7-21-19(27)17-23-18(26)16-11-2-1-5-29-9-14(11)30-20(16)24-17/h3-4,6H,1-2,5,7-9H2,(H,21,27)(H,22,25)(H,23,24,26);3-4,6H,1-2,5,7-9H2,(H,21,27)(H,22,25)(H,23,24,26). The molecule has 4 aliphatic heterocycles. The van der Waals surface area contributed by atoms with E-state index in [4.69, 9.17) is 9.47 Å². The predicted octanol–water partition coefficient (Wildman–Crippen LogP) is 3.87. The summed E-state index contributed by atoms with van der Waals surface area (Å²) in [7, 11) is -0.938. The van der Waals surface area contributed by atoms with E-state index in [0.29, 0.717) is 61.2 Å². The van der Waals surface area contributed by atoms with Crippen LogP contribution >= 0.6 is 34.4 Å². The number of hydrogen-bond acceptors (Lipinski definition) is 14. The number of carbonyl (C=O) groups is 4. The molecule has 0 radical (unpaired) electrons. The summed E-state index contributed by atoms with van der Waals surface area (Å²) < 4.78 is 22.7. The molecule has 6 N–H and O–H groups in total. The third-order valence-electron chi connectivity index (χ3n) is 10.2. The fourth-order valence-corrected chi connectivity index (χ4v) is 12.4. The molecule has 21 heteroatoms. The van der Waals surface area contributed by atoms with Crippen LogP contribution in [0.2, 0.25) is 0 Å². The van der Waals surface area contributed by atoms with Gasteiger partial charge in [0.05, 0.1) is 27.9 Å². The molecule has 4 amide bonds. The van der Waals surface area contributed by atoms with Gasteiger partial charge in [0.25, 0.3) is 34.7 Å². The molecule has 0 saturated carbocycles. The highest BCUT2D eigenvalue weighted by molar-refractivity contribution is 7.98. The van der Waals surface area contributed by atoms with Crippen molar-refractivity contribution in [3.8, 4) is 11.5 Å². The minimum Gasteiger partial charge on any atom is -0.482 e. The maximum atomic E-state index is 12.7. The van der Waals surface area contributed by atoms with Crippen LogP contribution in [-0.4, -0.2) is 72.5 Å². The number of anilines is 2. The second kappa shape index (κ2) is 17.2. The van der Waals surface area contributed by atoms with E-state index in [1.165, 1.54) is 27.6 Å². The lowest BCUT2D eigenvalue weighted by Crippen LogP contribution is -2.28. The zero-order valence-corrected chi connectivity index (χ0v) is 35.4. The van der Waals surface area contributed by atoms with E-state index in [1.54, 1.807) is 30.3 Å². The summed E-state index contributed by atoms with van der Waals surface area (Å²) >= 11 is 4.70. The van der Waals surface area contributed by atoms with Crippen LogP contribution in [-0.2, 0) is 57.8 Å². The Hall–Kier alpha value is -5.90. The van der Waals surface area contributed by atoms with Crippen molar-refractivity contribution in [3.63, 3.8) is 0 Å². The van der Waals surface area contributed by atoms with Gasteiger partial charge in [-0.25, -0.2) is 9.97 Å². The molecule has 0 saturated heterocycles. The highest BCUT2D eigenvalue weighted by Gasteiger charge is 2.24. The van der Waals surface area contributed by atoms with Crippen LogP contribution in [0.3, 0.4) is 0 Å². The van der Waals surface area contributed by atoms with Crippen molar-refractivity contribution in [2.45, 2.75) is 50.3 Å². The number of aromatic amines is 2. The molecule has 17 nitrogen and oxygen atoms in total. The first-order valence-corrected chi connectivity index (χ1v) is 23.5. The maximum absolute atomic E-state index is 12.7. The number of thioether (sulfide) groups is 1. The van der Waals surface area contributed by atoms with E-state index in [1.807, 2.05) is 17.8 Å². The molecular formula is C40H36N8O9S4. The number of nitrogens with zero attached hydrogens (tertiary/aromatic N) is 2. The van der Waals surface area contributed by atoms with Gasteiger partial charge in [-0.05, 0) is 78.0 Å². The monoisotopic (exact) mass is 900 g/mol. The van der Waals surface area contributed by atoms with Crippen LogP contribution in [0.1, 0.15) is 66.1 Å². The molecule has 1 unspecified atom stereocenters. The summed E-state index contributed by atoms with van der Waals surface area (Å²) in [6.07, 6.45) is 3.37. The summed E-state index contributed by atoms with van der Waals surface area (Å²) in [4.78, 5) is 90.8. The van der Waals surface area contributed by atoms with Gasteiger partial charge < -0.3 is 40.7 Å². The summed E-state index contributed by atoms with van der Waals surface area (Å²) in [5.41, 5.74) is 4.04. The highest BCUT2D eigenvalue weighted by atomic mass is 32.2. The van der Waals surface area contributed by atoms with Crippen molar-refractivity contribution in [2.24, 2.45) is 0 Å². The third kappa shape index (κ3) is 8.68. The van der Waals surface area contributed by atoms with Crippen LogP contribution in [0, 0.1) is 0 Å². The number of ether oxygens (including phenoxy) is 2. The minimum atomic E-state index is -0.938. The number of hydrogen-bond donors (Lipinski definition) is 6. The second-order valence-electron chi connectivity index (χ2n) is 14.4. The zero-order chi connectivity index (χ0) is 42.2. The molecule has 2 aromatic carbocycles. The zero-order valence-electron chi connectivity index (χ0n) is 32.2. The Balaban J connectivity index is 0.000000156. The van der Waals surface area contributed by atoms with Gasteiger partial charge in [0.2, 0.25) is 11.6 Å². The molecule has 61 heavy (non-hydrogen) atoms. The molecule has 0 bridgehead atoms. The van der Waals surface area contributed by atoms with Gasteiger partial charge in [0, 0.05) is 45.1 Å². The van der Waals surface area contributed by atoms with Crippen molar-refractivity contribution >= 4 is 101 Å². The first-order valence-electron chi connectivity index (χ1n) is 19.3. The van der Waals surface area contributed by atoms with E-state index in [9.17, 15) is 33.0 Å². The molecule has 314 valence electrons. The smallest absolute Gasteiger partial charge is 0.287 e. The summed E-state index contributed by atoms with van der Waals surface area (Å²) in [5, 5.41) is 12.1. The van der Waals surface area contributed by atoms with Crippen LogP contribution in [0.25, 0.3) is 20.4 Å². The van der Waals surface area contributed by atoms with Gasteiger partial charge >= 0.3 is 0 Å². The lowest BCUT2D eigenvalue weighted by atomic mass is 10.1. The fraction of sp³-hybridized carbons (Fsp3) is 0.300. The molecule has 4 aromatic heterocycles. The van der Waals surface area contributed by atoms with Crippen molar-refractivity contribution in [1.82, 2.24) is 30.6 Å².